The largest absolute Gasteiger partial charge is 0.335 e. The number of pyridine rings is 3. The monoisotopic (exact) mass is 520 g/mol. The highest BCUT2D eigenvalue weighted by molar-refractivity contribution is 5.97. The number of hydrogen-bond donors (Lipinski definition) is 3. The van der Waals surface area contributed by atoms with Gasteiger partial charge < -0.3 is 10.3 Å². The van der Waals surface area contributed by atoms with E-state index < -0.39 is 0 Å². The summed E-state index contributed by atoms with van der Waals surface area (Å²) < 4.78 is 13.9. The lowest BCUT2D eigenvalue weighted by molar-refractivity contribution is -0.116. The van der Waals surface area contributed by atoms with E-state index in [0.717, 1.165) is 28.5 Å². The van der Waals surface area contributed by atoms with Crippen LogP contribution in [0.2, 0.25) is 0 Å². The molecule has 5 heterocycles. The molecule has 5 aromatic heterocycles. The predicted molar refractivity (Wildman–Crippen MR) is 148 cm³/mol. The average molecular weight is 521 g/mol. The number of fused-ring (bicyclic) bond motifs is 2. The minimum absolute atomic E-state index is 0.0367. The van der Waals surface area contributed by atoms with Gasteiger partial charge in [0.05, 0.1) is 34.5 Å². The van der Waals surface area contributed by atoms with Crippen LogP contribution >= 0.6 is 0 Å². The number of rotatable bonds is 7. The lowest BCUT2D eigenvalue weighted by atomic mass is 10.1. The van der Waals surface area contributed by atoms with Gasteiger partial charge in [0.25, 0.3) is 0 Å². The molecular weight excluding hydrogens is 495 g/mol. The molecule has 9 nitrogen and oxygen atoms in total. The van der Waals surface area contributed by atoms with E-state index in [1.54, 1.807) is 37.1 Å². The topological polar surface area (TPSA) is 125 Å². The number of hydrogen-bond acceptors (Lipinski definition) is 6. The van der Waals surface area contributed by atoms with E-state index in [4.69, 9.17) is 4.98 Å². The summed E-state index contributed by atoms with van der Waals surface area (Å²) in [5.74, 6) is 0.650. The number of carbonyl (C=O) groups is 1. The van der Waals surface area contributed by atoms with Crippen LogP contribution in [-0.2, 0) is 4.79 Å². The van der Waals surface area contributed by atoms with E-state index >= 15 is 0 Å². The molecule has 0 fully saturated rings. The van der Waals surface area contributed by atoms with E-state index in [1.807, 2.05) is 18.2 Å². The summed E-state index contributed by atoms with van der Waals surface area (Å²) in [6.45, 7) is 4.18. The molecule has 0 aliphatic carbocycles. The van der Waals surface area contributed by atoms with Crippen LogP contribution in [0.15, 0.2) is 67.4 Å². The van der Waals surface area contributed by atoms with Crippen LogP contribution in [0.4, 0.5) is 10.1 Å². The Bertz CT molecular complexity index is 1820. The summed E-state index contributed by atoms with van der Waals surface area (Å²) in [5.41, 5.74) is 6.23. The molecule has 1 aromatic carbocycles. The first-order valence-corrected chi connectivity index (χ1v) is 12.6. The second kappa shape index (κ2) is 10.1. The molecule has 0 saturated heterocycles. The highest BCUT2D eigenvalue weighted by Crippen LogP contribution is 2.32. The van der Waals surface area contributed by atoms with Crippen molar-refractivity contribution in [3.8, 4) is 33.8 Å². The molecule has 0 spiro atoms. The first-order chi connectivity index (χ1) is 18.9. The highest BCUT2D eigenvalue weighted by Gasteiger charge is 2.17. The summed E-state index contributed by atoms with van der Waals surface area (Å²) in [6, 6.07) is 10.2. The molecule has 0 bridgehead atoms. The van der Waals surface area contributed by atoms with Gasteiger partial charge in [0, 0.05) is 41.7 Å². The lowest BCUT2D eigenvalue weighted by Crippen LogP contribution is -2.12. The zero-order chi connectivity index (χ0) is 26.9. The van der Waals surface area contributed by atoms with E-state index in [9.17, 15) is 9.18 Å². The summed E-state index contributed by atoms with van der Waals surface area (Å²) in [6.07, 6.45) is 9.72. The number of aromatic amines is 2. The zero-order valence-electron chi connectivity index (χ0n) is 21.4. The van der Waals surface area contributed by atoms with Gasteiger partial charge in [-0.15, -0.1) is 0 Å². The Kier molecular flexibility index (Phi) is 6.28. The number of nitrogens with zero attached hydrogens (tertiary/aromatic N) is 5. The Hall–Kier alpha value is -4.99. The number of H-pyrrole nitrogens is 2. The van der Waals surface area contributed by atoms with E-state index in [-0.39, 0.29) is 11.7 Å². The second-order valence-corrected chi connectivity index (χ2v) is 9.82. The van der Waals surface area contributed by atoms with Crippen molar-refractivity contribution in [1.82, 2.24) is 35.1 Å². The Balaban J connectivity index is 1.35. The lowest BCUT2D eigenvalue weighted by Gasteiger charge is -2.08. The van der Waals surface area contributed by atoms with Crippen LogP contribution in [0.25, 0.3) is 55.8 Å². The zero-order valence-corrected chi connectivity index (χ0v) is 21.4. The Morgan fingerprint density at radius 1 is 1.00 bits per heavy atom. The Morgan fingerprint density at radius 2 is 1.85 bits per heavy atom. The van der Waals surface area contributed by atoms with Gasteiger partial charge in [0.1, 0.15) is 11.5 Å². The van der Waals surface area contributed by atoms with Gasteiger partial charge in [-0.1, -0.05) is 26.0 Å². The fourth-order valence-electron chi connectivity index (χ4n) is 4.47. The first kappa shape index (κ1) is 24.4. The van der Waals surface area contributed by atoms with Crippen LogP contribution in [-0.4, -0.2) is 41.0 Å². The highest BCUT2D eigenvalue weighted by atomic mass is 19.1. The van der Waals surface area contributed by atoms with Crippen molar-refractivity contribution in [2.24, 2.45) is 5.92 Å². The van der Waals surface area contributed by atoms with Crippen molar-refractivity contribution in [1.29, 1.82) is 0 Å². The summed E-state index contributed by atoms with van der Waals surface area (Å²) in [5, 5.41) is 11.1. The van der Waals surface area contributed by atoms with Crippen LogP contribution in [0.1, 0.15) is 26.7 Å². The van der Waals surface area contributed by atoms with Gasteiger partial charge >= 0.3 is 0 Å². The SMILES string of the molecule is CC(C)CCC(=O)Nc1cncc(-c2cnc3n[nH]c(-c4nc5c(-c6cccc(F)c6)cncc5[nH]4)c3c2)c1. The molecule has 0 radical (unpaired) electrons. The molecule has 0 saturated carbocycles. The van der Waals surface area contributed by atoms with Crippen molar-refractivity contribution < 1.29 is 9.18 Å². The third-order valence-electron chi connectivity index (χ3n) is 6.48. The molecule has 1 amide bonds. The third-order valence-corrected chi connectivity index (χ3v) is 6.48. The van der Waals surface area contributed by atoms with E-state index in [0.29, 0.717) is 51.8 Å². The number of aromatic nitrogens is 7. The average Bonchev–Trinajstić information content (AvgIpc) is 3.55. The van der Waals surface area contributed by atoms with Gasteiger partial charge in [0.2, 0.25) is 5.91 Å². The molecule has 6 rings (SSSR count). The Morgan fingerprint density at radius 3 is 2.69 bits per heavy atom. The maximum Gasteiger partial charge on any atom is 0.224 e. The number of imidazole rings is 1. The Labute approximate surface area is 223 Å². The minimum Gasteiger partial charge on any atom is -0.335 e. The molecule has 194 valence electrons. The summed E-state index contributed by atoms with van der Waals surface area (Å²) in [7, 11) is 0. The number of halogens is 1. The normalized spacial score (nSPS) is 11.5. The van der Waals surface area contributed by atoms with Gasteiger partial charge in [-0.25, -0.2) is 14.4 Å². The molecule has 0 aliphatic rings. The first-order valence-electron chi connectivity index (χ1n) is 12.6. The van der Waals surface area contributed by atoms with E-state index in [2.05, 4.69) is 49.3 Å². The van der Waals surface area contributed by atoms with Crippen LogP contribution in [0.5, 0.6) is 0 Å². The van der Waals surface area contributed by atoms with Gasteiger partial charge in [-0.2, -0.15) is 5.10 Å². The van der Waals surface area contributed by atoms with E-state index in [1.165, 1.54) is 12.1 Å². The van der Waals surface area contributed by atoms with Gasteiger partial charge in [-0.3, -0.25) is 19.9 Å². The van der Waals surface area contributed by atoms with Gasteiger partial charge in [-0.05, 0) is 42.2 Å². The standard InChI is InChI=1S/C29H25FN8O/c1-16(2)6-7-25(39)34-21-9-18(11-31-13-21)19-10-22-27(37-38-28(22)33-12-19)29-35-24-15-32-14-23(26(24)36-29)17-4-3-5-20(30)8-17/h3-5,8-16H,6-7H2,1-2H3,(H,34,39)(H,35,36)(H,33,37,38). The molecule has 0 atom stereocenters. The quantitative estimate of drug-likeness (QED) is 0.232. The van der Waals surface area contributed by atoms with Crippen molar-refractivity contribution in [3.05, 3.63) is 73.2 Å². The van der Waals surface area contributed by atoms with Crippen LogP contribution in [0, 0.1) is 11.7 Å². The second-order valence-electron chi connectivity index (χ2n) is 9.82. The molecule has 6 aromatic rings. The van der Waals surface area contributed by atoms with Gasteiger partial charge in [0.15, 0.2) is 11.5 Å². The number of benzene rings is 1. The number of amides is 1. The van der Waals surface area contributed by atoms with Crippen molar-refractivity contribution >= 4 is 33.7 Å². The van der Waals surface area contributed by atoms with Crippen LogP contribution in [0.3, 0.4) is 0 Å². The fraction of sp³-hybridized carbons (Fsp3) is 0.172. The maximum atomic E-state index is 13.9. The smallest absolute Gasteiger partial charge is 0.224 e. The molecule has 3 N–H and O–H groups in total. The fourth-order valence-corrected chi connectivity index (χ4v) is 4.47. The number of carbonyl (C=O) groups excluding carboxylic acids is 1. The van der Waals surface area contributed by atoms with Crippen molar-refractivity contribution in [2.45, 2.75) is 26.7 Å². The number of anilines is 1. The predicted octanol–water partition coefficient (Wildman–Crippen LogP) is 6.14. The molecule has 0 unspecified atom stereocenters. The molecular formula is C29H25FN8O. The van der Waals surface area contributed by atoms with Crippen LogP contribution < -0.4 is 5.32 Å². The summed E-state index contributed by atoms with van der Waals surface area (Å²) in [4.78, 5) is 33.6. The molecule has 0 aliphatic heterocycles. The molecule has 10 heteroatoms. The minimum atomic E-state index is -0.327. The van der Waals surface area contributed by atoms with Crippen molar-refractivity contribution in [3.63, 3.8) is 0 Å². The third kappa shape index (κ3) is 4.96. The molecule has 39 heavy (non-hydrogen) atoms. The maximum absolute atomic E-state index is 13.9. The number of nitrogens with one attached hydrogen (secondary N) is 3. The van der Waals surface area contributed by atoms with Crippen molar-refractivity contribution in [2.75, 3.05) is 5.32 Å². The summed E-state index contributed by atoms with van der Waals surface area (Å²) >= 11 is 0.